The summed E-state index contributed by atoms with van der Waals surface area (Å²) in [6.45, 7) is 14.6. The summed E-state index contributed by atoms with van der Waals surface area (Å²) in [4.78, 5) is 23.9. The summed E-state index contributed by atoms with van der Waals surface area (Å²) in [5.41, 5.74) is -1.22. The van der Waals surface area contributed by atoms with Gasteiger partial charge in [0.25, 0.3) is 0 Å². The molecule has 100 valence electrons. The topological polar surface area (TPSA) is 52.6 Å². The minimum absolute atomic E-state index is 0.486. The zero-order valence-electron chi connectivity index (χ0n) is 12.1. The van der Waals surface area contributed by atoms with E-state index in [1.54, 1.807) is 13.8 Å². The van der Waals surface area contributed by atoms with Gasteiger partial charge in [0.05, 0.1) is 0 Å². The van der Waals surface area contributed by atoms with Gasteiger partial charge in [0.15, 0.2) is 5.41 Å². The van der Waals surface area contributed by atoms with Gasteiger partial charge in [-0.25, -0.2) is 0 Å². The molecule has 4 nitrogen and oxygen atoms in total. The lowest BCUT2D eigenvalue weighted by Crippen LogP contribution is -2.45. The number of hydrogen-bond acceptors (Lipinski definition) is 4. The van der Waals surface area contributed by atoms with Gasteiger partial charge in [-0.05, 0) is 53.1 Å². The second kappa shape index (κ2) is 4.93. The first kappa shape index (κ1) is 16.4. The second-order valence-corrected chi connectivity index (χ2v) is 15.5. The molecule has 17 heavy (non-hydrogen) atoms. The van der Waals surface area contributed by atoms with Gasteiger partial charge in [-0.2, -0.15) is 0 Å². The monoisotopic (exact) mass is 276 g/mol. The van der Waals surface area contributed by atoms with E-state index in [4.69, 9.17) is 8.85 Å². The molecule has 0 heterocycles. The van der Waals surface area contributed by atoms with Gasteiger partial charge in [0.1, 0.15) is 0 Å². The molecule has 0 radical (unpaired) electrons. The Hall–Kier alpha value is -0.626. The van der Waals surface area contributed by atoms with Crippen LogP contribution in [0.5, 0.6) is 0 Å². The smallest absolute Gasteiger partial charge is 0.309 e. The van der Waals surface area contributed by atoms with Gasteiger partial charge < -0.3 is 8.85 Å². The molecular formula is C11H24O4Si2. The molecule has 0 bridgehead atoms. The third-order valence-electron chi connectivity index (χ3n) is 1.82. The SMILES string of the molecule is CC(C)(C(=O)O[Si](C)(C)C)C(=O)O[Si](C)(C)C. The number of carbonyl (C=O) groups is 2. The van der Waals surface area contributed by atoms with Gasteiger partial charge in [-0.3, -0.25) is 9.59 Å². The highest BCUT2D eigenvalue weighted by Gasteiger charge is 2.42. The van der Waals surface area contributed by atoms with E-state index >= 15 is 0 Å². The minimum atomic E-state index is -1.98. The van der Waals surface area contributed by atoms with Crippen LogP contribution in [0.15, 0.2) is 0 Å². The Balaban J connectivity index is 4.78. The molecule has 0 rings (SSSR count). The second-order valence-electron chi connectivity index (χ2n) is 6.63. The summed E-state index contributed by atoms with van der Waals surface area (Å²) in [7, 11) is -3.96. The lowest BCUT2D eigenvalue weighted by molar-refractivity contribution is -0.159. The van der Waals surface area contributed by atoms with Gasteiger partial charge in [0, 0.05) is 0 Å². The summed E-state index contributed by atoms with van der Waals surface area (Å²) >= 11 is 0. The Kier molecular flexibility index (Phi) is 4.75. The van der Waals surface area contributed by atoms with Crippen molar-refractivity contribution in [2.45, 2.75) is 53.1 Å². The van der Waals surface area contributed by atoms with Crippen molar-refractivity contribution in [2.75, 3.05) is 0 Å². The largest absolute Gasteiger partial charge is 0.519 e. The van der Waals surface area contributed by atoms with Crippen LogP contribution in [0.2, 0.25) is 39.3 Å². The molecule has 0 aromatic carbocycles. The Morgan fingerprint density at radius 2 is 1.00 bits per heavy atom. The fraction of sp³-hybridized carbons (Fsp3) is 0.818. The predicted molar refractivity (Wildman–Crippen MR) is 72.7 cm³/mol. The van der Waals surface area contributed by atoms with Crippen molar-refractivity contribution in [1.29, 1.82) is 0 Å². The quantitative estimate of drug-likeness (QED) is 0.585. The van der Waals surface area contributed by atoms with Crippen molar-refractivity contribution in [1.82, 2.24) is 0 Å². The van der Waals surface area contributed by atoms with Crippen LogP contribution in [0.4, 0.5) is 0 Å². The maximum atomic E-state index is 11.9. The molecule has 0 aromatic heterocycles. The third-order valence-corrected chi connectivity index (χ3v) is 3.41. The van der Waals surface area contributed by atoms with Gasteiger partial charge in [-0.15, -0.1) is 0 Å². The van der Waals surface area contributed by atoms with Crippen molar-refractivity contribution >= 4 is 28.6 Å². The van der Waals surface area contributed by atoms with E-state index in [1.807, 2.05) is 39.3 Å². The molecule has 0 unspecified atom stereocenters. The molecule has 6 heteroatoms. The molecule has 0 spiro atoms. The lowest BCUT2D eigenvalue weighted by Gasteiger charge is -2.29. The van der Waals surface area contributed by atoms with Crippen LogP contribution in [0.25, 0.3) is 0 Å². The molecule has 0 amide bonds. The lowest BCUT2D eigenvalue weighted by atomic mass is 9.94. The molecule has 0 aromatic rings. The standard InChI is InChI=1S/C11H24O4Si2/c1-11(2,9(12)14-16(3,4)5)10(13)15-17(6,7)8/h1-8H3. The number of hydrogen-bond donors (Lipinski definition) is 0. The normalized spacial score (nSPS) is 13.2. The van der Waals surface area contributed by atoms with E-state index in [1.165, 1.54) is 0 Å². The first-order chi connectivity index (χ1) is 7.26. The highest BCUT2D eigenvalue weighted by molar-refractivity contribution is 6.72. The predicted octanol–water partition coefficient (Wildman–Crippen LogP) is 2.77. The van der Waals surface area contributed by atoms with Crippen LogP contribution < -0.4 is 0 Å². The Labute approximate surface area is 106 Å². The first-order valence-corrected chi connectivity index (χ1v) is 12.5. The highest BCUT2D eigenvalue weighted by Crippen LogP contribution is 2.24. The minimum Gasteiger partial charge on any atom is -0.519 e. The molecule has 0 N–H and O–H groups in total. The van der Waals surface area contributed by atoms with Crippen LogP contribution >= 0.6 is 0 Å². The summed E-state index contributed by atoms with van der Waals surface area (Å²) in [5, 5.41) is 0. The number of rotatable bonds is 4. The van der Waals surface area contributed by atoms with Crippen LogP contribution in [-0.2, 0) is 18.4 Å². The zero-order chi connectivity index (χ0) is 14.1. The summed E-state index contributed by atoms with van der Waals surface area (Å²) < 4.78 is 10.7. The maximum absolute atomic E-state index is 11.9. The summed E-state index contributed by atoms with van der Waals surface area (Å²) in [5.74, 6) is -0.972. The van der Waals surface area contributed by atoms with Crippen molar-refractivity contribution in [2.24, 2.45) is 5.41 Å². The van der Waals surface area contributed by atoms with Gasteiger partial charge in [0.2, 0.25) is 16.6 Å². The van der Waals surface area contributed by atoms with E-state index in [9.17, 15) is 9.59 Å². The van der Waals surface area contributed by atoms with Crippen molar-refractivity contribution in [3.63, 3.8) is 0 Å². The molecular weight excluding hydrogens is 252 g/mol. The van der Waals surface area contributed by atoms with Crippen molar-refractivity contribution in [3.05, 3.63) is 0 Å². The Morgan fingerprint density at radius 1 is 0.765 bits per heavy atom. The number of carbonyl (C=O) groups excluding carboxylic acids is 2. The van der Waals surface area contributed by atoms with Crippen LogP contribution in [0.1, 0.15) is 13.8 Å². The Bertz CT molecular complexity index is 280. The highest BCUT2D eigenvalue weighted by atomic mass is 28.4. The van der Waals surface area contributed by atoms with E-state index in [-0.39, 0.29) is 0 Å². The van der Waals surface area contributed by atoms with E-state index in [2.05, 4.69) is 0 Å². The molecule has 0 atom stereocenters. The molecule has 0 saturated carbocycles. The van der Waals surface area contributed by atoms with E-state index in [0.29, 0.717) is 0 Å². The van der Waals surface area contributed by atoms with Crippen LogP contribution in [-0.4, -0.2) is 28.6 Å². The van der Waals surface area contributed by atoms with Gasteiger partial charge >= 0.3 is 11.9 Å². The average Bonchev–Trinajstić information content (AvgIpc) is 1.96. The van der Waals surface area contributed by atoms with Crippen molar-refractivity contribution < 1.29 is 18.4 Å². The fourth-order valence-electron chi connectivity index (χ4n) is 0.895. The Morgan fingerprint density at radius 3 is 1.18 bits per heavy atom. The molecule has 0 fully saturated rings. The van der Waals surface area contributed by atoms with E-state index in [0.717, 1.165) is 0 Å². The molecule has 0 saturated heterocycles. The molecule has 0 aliphatic heterocycles. The first-order valence-electron chi connectivity index (χ1n) is 5.72. The maximum Gasteiger partial charge on any atom is 0.309 e. The van der Waals surface area contributed by atoms with Crippen molar-refractivity contribution in [3.8, 4) is 0 Å². The zero-order valence-corrected chi connectivity index (χ0v) is 14.1. The summed E-state index contributed by atoms with van der Waals surface area (Å²) in [6, 6.07) is 0. The van der Waals surface area contributed by atoms with Crippen LogP contribution in [0.3, 0.4) is 0 Å². The van der Waals surface area contributed by atoms with E-state index < -0.39 is 34.0 Å². The third kappa shape index (κ3) is 6.02. The molecule has 0 aliphatic rings. The van der Waals surface area contributed by atoms with Gasteiger partial charge in [-0.1, -0.05) is 0 Å². The average molecular weight is 276 g/mol. The van der Waals surface area contributed by atoms with Crippen LogP contribution in [0, 0.1) is 5.41 Å². The fourth-order valence-corrected chi connectivity index (χ4v) is 2.52. The molecule has 0 aliphatic carbocycles. The summed E-state index contributed by atoms with van der Waals surface area (Å²) in [6.07, 6.45) is 0.